The first-order valence-electron chi connectivity index (χ1n) is 15.8. The zero-order chi connectivity index (χ0) is 34.0. The van der Waals surface area contributed by atoms with Gasteiger partial charge in [0.05, 0.1) is 34.0 Å². The molecule has 1 saturated heterocycles. The number of benzene rings is 2. The first kappa shape index (κ1) is 31.6. The quantitative estimate of drug-likeness (QED) is 0.204. The minimum absolute atomic E-state index is 0.0497. The molecule has 248 valence electrons. The van der Waals surface area contributed by atoms with E-state index in [1.54, 1.807) is 53.6 Å². The van der Waals surface area contributed by atoms with Gasteiger partial charge in [-0.1, -0.05) is 23.8 Å². The van der Waals surface area contributed by atoms with E-state index in [0.29, 0.717) is 46.6 Å². The Labute approximate surface area is 277 Å². The van der Waals surface area contributed by atoms with Gasteiger partial charge in [-0.15, -0.1) is 0 Å². The molecule has 0 radical (unpaired) electrons. The van der Waals surface area contributed by atoms with Crippen LogP contribution in [0.3, 0.4) is 0 Å². The van der Waals surface area contributed by atoms with Gasteiger partial charge < -0.3 is 9.47 Å². The number of hydrogen-bond acceptors (Lipinski definition) is 7. The van der Waals surface area contributed by atoms with Crippen LogP contribution >= 0.6 is 0 Å². The van der Waals surface area contributed by atoms with Crippen molar-refractivity contribution in [2.24, 2.45) is 0 Å². The van der Waals surface area contributed by atoms with Gasteiger partial charge in [-0.3, -0.25) is 19.2 Å². The molecule has 1 fully saturated rings. The summed E-state index contributed by atoms with van der Waals surface area (Å²) in [4.78, 5) is 32.7. The van der Waals surface area contributed by atoms with Gasteiger partial charge in [0.15, 0.2) is 0 Å². The molecule has 0 spiro atoms. The van der Waals surface area contributed by atoms with Gasteiger partial charge in [-0.2, -0.15) is 0 Å². The standard InChI is InChI=1S/C36H35FN4O6S/c1-22-5-11-28(12-6-22)48(44,45)41-31-17-25(39-16-15-27(19-33(39)42)46-21-24-8-7-23(37)20-38-24)9-13-29(31)34-30-14-10-26(18-32(34)41)40(30)35(43)47-36(2,3)4/h5-9,11-13,15-17,19-20,26,30H,10,14,18,21H2,1-4H3. The lowest BCUT2D eigenvalue weighted by Gasteiger charge is -2.36. The van der Waals surface area contributed by atoms with Crippen LogP contribution < -0.4 is 10.3 Å². The number of carbonyl (C=O) groups is 1. The predicted molar refractivity (Wildman–Crippen MR) is 177 cm³/mol. The van der Waals surface area contributed by atoms with Crippen molar-refractivity contribution in [2.75, 3.05) is 0 Å². The van der Waals surface area contributed by atoms with Crippen molar-refractivity contribution in [1.82, 2.24) is 18.4 Å². The molecule has 2 aromatic carbocycles. The zero-order valence-corrected chi connectivity index (χ0v) is 27.8. The van der Waals surface area contributed by atoms with Gasteiger partial charge in [-0.25, -0.2) is 21.6 Å². The van der Waals surface area contributed by atoms with Gasteiger partial charge in [0.1, 0.15) is 23.8 Å². The summed E-state index contributed by atoms with van der Waals surface area (Å²) in [6.07, 6.45) is 3.99. The Hall–Kier alpha value is -4.97. The van der Waals surface area contributed by atoms with E-state index in [4.69, 9.17) is 9.47 Å². The van der Waals surface area contributed by atoms with E-state index in [9.17, 15) is 22.4 Å². The number of nitrogens with zero attached hydrogens (tertiary/aromatic N) is 4. The third-order valence-electron chi connectivity index (χ3n) is 8.82. The van der Waals surface area contributed by atoms with E-state index in [1.165, 1.54) is 26.7 Å². The molecule has 0 N–H and O–H groups in total. The summed E-state index contributed by atoms with van der Waals surface area (Å²) in [6, 6.07) is 17.2. The molecular weight excluding hydrogens is 635 g/mol. The van der Waals surface area contributed by atoms with Gasteiger partial charge in [0, 0.05) is 41.4 Å². The Kier molecular flexibility index (Phi) is 7.66. The molecule has 0 aliphatic carbocycles. The topological polar surface area (TPSA) is 113 Å². The summed E-state index contributed by atoms with van der Waals surface area (Å²) in [5.41, 5.74) is 2.68. The second kappa shape index (κ2) is 11.6. The number of fused-ring (bicyclic) bond motifs is 6. The van der Waals surface area contributed by atoms with Gasteiger partial charge in [0.25, 0.3) is 15.6 Å². The largest absolute Gasteiger partial charge is 0.487 e. The molecule has 5 heterocycles. The highest BCUT2D eigenvalue weighted by atomic mass is 32.2. The van der Waals surface area contributed by atoms with Gasteiger partial charge in [0.2, 0.25) is 0 Å². The lowest BCUT2D eigenvalue weighted by molar-refractivity contribution is 0.0125. The van der Waals surface area contributed by atoms with Crippen LogP contribution in [-0.2, 0) is 27.8 Å². The minimum atomic E-state index is -4.07. The summed E-state index contributed by atoms with van der Waals surface area (Å²) in [7, 11) is -4.07. The van der Waals surface area contributed by atoms with E-state index in [0.717, 1.165) is 23.7 Å². The maximum atomic E-state index is 14.4. The first-order chi connectivity index (χ1) is 22.8. The van der Waals surface area contributed by atoms with Crippen LogP contribution in [-0.4, -0.2) is 44.6 Å². The highest BCUT2D eigenvalue weighted by molar-refractivity contribution is 7.90. The van der Waals surface area contributed by atoms with E-state index < -0.39 is 33.1 Å². The smallest absolute Gasteiger partial charge is 0.411 e. The normalized spacial score (nSPS) is 17.4. The molecule has 5 aromatic rings. The summed E-state index contributed by atoms with van der Waals surface area (Å²) in [5.74, 6) is -0.146. The van der Waals surface area contributed by atoms with E-state index in [1.807, 2.05) is 33.8 Å². The lowest BCUT2D eigenvalue weighted by atomic mass is 9.97. The molecule has 2 aliphatic heterocycles. The number of carbonyl (C=O) groups excluding carboxylic acids is 1. The second-order valence-electron chi connectivity index (χ2n) is 13.3. The monoisotopic (exact) mass is 670 g/mol. The van der Waals surface area contributed by atoms with Crippen LogP contribution in [0.4, 0.5) is 9.18 Å². The van der Waals surface area contributed by atoms with Crippen molar-refractivity contribution in [2.45, 2.75) is 76.1 Å². The Morgan fingerprint density at radius 3 is 2.48 bits per heavy atom. The Morgan fingerprint density at radius 1 is 1.02 bits per heavy atom. The maximum absolute atomic E-state index is 14.4. The van der Waals surface area contributed by atoms with E-state index in [-0.39, 0.29) is 23.6 Å². The number of halogens is 1. The molecule has 2 aliphatic rings. The molecule has 48 heavy (non-hydrogen) atoms. The summed E-state index contributed by atoms with van der Waals surface area (Å²) in [5, 5.41) is 0.697. The number of pyridine rings is 2. The van der Waals surface area contributed by atoms with Crippen LogP contribution in [0.2, 0.25) is 0 Å². The second-order valence-corrected chi connectivity index (χ2v) is 15.1. The van der Waals surface area contributed by atoms with E-state index >= 15 is 0 Å². The third-order valence-corrected chi connectivity index (χ3v) is 10.6. The van der Waals surface area contributed by atoms with Crippen LogP contribution in [0, 0.1) is 12.7 Å². The molecular formula is C36H35FN4O6S. The van der Waals surface area contributed by atoms with Crippen molar-refractivity contribution in [1.29, 1.82) is 0 Å². The van der Waals surface area contributed by atoms with Gasteiger partial charge in [-0.05, 0) is 83.0 Å². The van der Waals surface area contributed by atoms with Gasteiger partial charge >= 0.3 is 6.09 Å². The van der Waals surface area contributed by atoms with Crippen molar-refractivity contribution < 1.29 is 27.1 Å². The first-order valence-corrected chi connectivity index (χ1v) is 17.2. The Morgan fingerprint density at radius 2 is 1.79 bits per heavy atom. The molecule has 1 amide bonds. The molecule has 2 unspecified atom stereocenters. The Balaban J connectivity index is 1.32. The number of aryl methyl sites for hydroxylation is 1. The SMILES string of the molecule is Cc1ccc(S(=O)(=O)n2c3c(c4ccc(-n5ccc(OCc6ccc(F)cn6)cc5=O)cc42)C2CCC(C3)N2C(=O)OC(C)(C)C)cc1. The molecule has 10 nitrogen and oxygen atoms in total. The van der Waals surface area contributed by atoms with Crippen molar-refractivity contribution in [3.8, 4) is 11.4 Å². The fraction of sp³-hybridized carbons (Fsp3) is 0.306. The minimum Gasteiger partial charge on any atom is -0.487 e. The fourth-order valence-electron chi connectivity index (χ4n) is 6.72. The maximum Gasteiger partial charge on any atom is 0.411 e. The molecule has 2 bridgehead atoms. The molecule has 7 rings (SSSR count). The van der Waals surface area contributed by atoms with Crippen molar-refractivity contribution in [3.05, 3.63) is 118 Å². The number of ether oxygens (including phenoxy) is 2. The zero-order valence-electron chi connectivity index (χ0n) is 27.0. The van der Waals surface area contributed by atoms with Crippen molar-refractivity contribution in [3.63, 3.8) is 0 Å². The number of aromatic nitrogens is 3. The number of hydrogen-bond donors (Lipinski definition) is 0. The highest BCUT2D eigenvalue weighted by Gasteiger charge is 2.48. The lowest BCUT2D eigenvalue weighted by Crippen LogP contribution is -2.45. The average molecular weight is 671 g/mol. The highest BCUT2D eigenvalue weighted by Crippen LogP contribution is 2.49. The Bertz CT molecular complexity index is 2220. The van der Waals surface area contributed by atoms with Crippen LogP contribution in [0.15, 0.2) is 88.8 Å². The summed E-state index contributed by atoms with van der Waals surface area (Å²) < 4.78 is 56.4. The molecule has 3 aromatic heterocycles. The van der Waals surface area contributed by atoms with Crippen molar-refractivity contribution >= 4 is 27.0 Å². The predicted octanol–water partition coefficient (Wildman–Crippen LogP) is 6.45. The van der Waals surface area contributed by atoms with Crippen LogP contribution in [0.1, 0.15) is 62.2 Å². The average Bonchev–Trinajstić information content (AvgIpc) is 3.53. The van der Waals surface area contributed by atoms with Crippen LogP contribution in [0.5, 0.6) is 5.75 Å². The van der Waals surface area contributed by atoms with E-state index in [2.05, 4.69) is 4.98 Å². The number of amides is 1. The molecule has 12 heteroatoms. The third kappa shape index (κ3) is 5.63. The summed E-state index contributed by atoms with van der Waals surface area (Å²) >= 11 is 0. The summed E-state index contributed by atoms with van der Waals surface area (Å²) in [6.45, 7) is 7.42. The fourth-order valence-corrected chi connectivity index (χ4v) is 8.29. The number of rotatable bonds is 6. The molecule has 2 atom stereocenters. The van der Waals surface area contributed by atoms with Crippen LogP contribution in [0.25, 0.3) is 16.6 Å². The molecule has 0 saturated carbocycles.